The topological polar surface area (TPSA) is 94.8 Å². The molecule has 0 unspecified atom stereocenters. The van der Waals surface area contributed by atoms with Gasteiger partial charge in [0.1, 0.15) is 5.76 Å². The predicted molar refractivity (Wildman–Crippen MR) is 122 cm³/mol. The van der Waals surface area contributed by atoms with Crippen molar-refractivity contribution in [3.05, 3.63) is 61.3 Å². The summed E-state index contributed by atoms with van der Waals surface area (Å²) in [5, 5.41) is 11.1. The summed E-state index contributed by atoms with van der Waals surface area (Å²) in [5.41, 5.74) is 9.69. The molecule has 1 aliphatic rings. The Hall–Kier alpha value is -3.71. The van der Waals surface area contributed by atoms with Crippen molar-refractivity contribution < 1.29 is 4.42 Å². The highest BCUT2D eigenvalue weighted by molar-refractivity contribution is 6.02. The summed E-state index contributed by atoms with van der Waals surface area (Å²) in [4.78, 5) is 8.79. The van der Waals surface area contributed by atoms with Gasteiger partial charge in [-0.25, -0.2) is 4.98 Å². The van der Waals surface area contributed by atoms with E-state index in [9.17, 15) is 0 Å². The lowest BCUT2D eigenvalue weighted by Gasteiger charge is -2.22. The van der Waals surface area contributed by atoms with E-state index in [1.165, 1.54) is 0 Å². The van der Waals surface area contributed by atoms with Gasteiger partial charge in [0.05, 0.1) is 12.2 Å². The molecule has 0 spiro atoms. The largest absolute Gasteiger partial charge is 0.452 e. The Morgan fingerprint density at radius 2 is 1.87 bits per heavy atom. The fourth-order valence-electron chi connectivity index (χ4n) is 4.47. The van der Waals surface area contributed by atoms with Gasteiger partial charge in [-0.2, -0.15) is 5.10 Å². The molecule has 0 bridgehead atoms. The molecule has 1 aliphatic heterocycles. The highest BCUT2D eigenvalue weighted by atomic mass is 16.3. The van der Waals surface area contributed by atoms with Crippen LogP contribution in [0, 0.1) is 0 Å². The van der Waals surface area contributed by atoms with Crippen LogP contribution in [0.15, 0.2) is 65.7 Å². The average molecular weight is 410 g/mol. The number of furan rings is 1. The molecule has 0 saturated carbocycles. The van der Waals surface area contributed by atoms with Gasteiger partial charge in [-0.3, -0.25) is 9.67 Å². The van der Waals surface area contributed by atoms with Crippen LogP contribution < -0.4 is 11.1 Å². The smallest absolute Gasteiger partial charge is 0.177 e. The standard InChI is InChI=1S/C24H22N6O/c25-24-23-19(9-22(31-23)21-12-27-10-15-3-1-2-4-18(15)21)20(13-28-24)16-11-29-30(14-16)17-5-7-26-8-6-17/h1-4,9-14,17,26H,5-8H2,(H2,25,28). The van der Waals surface area contributed by atoms with E-state index in [1.807, 2.05) is 49.1 Å². The van der Waals surface area contributed by atoms with Crippen molar-refractivity contribution in [3.8, 4) is 22.5 Å². The van der Waals surface area contributed by atoms with Crippen LogP contribution in [0.25, 0.3) is 44.2 Å². The average Bonchev–Trinajstić information content (AvgIpc) is 3.48. The molecule has 1 fully saturated rings. The Labute approximate surface area is 178 Å². The van der Waals surface area contributed by atoms with Crippen molar-refractivity contribution in [1.29, 1.82) is 0 Å². The second-order valence-electron chi connectivity index (χ2n) is 8.01. The molecule has 7 heteroatoms. The molecule has 0 atom stereocenters. The molecular weight excluding hydrogens is 388 g/mol. The Bertz CT molecular complexity index is 1390. The summed E-state index contributed by atoms with van der Waals surface area (Å²) in [6.07, 6.45) is 11.7. The van der Waals surface area contributed by atoms with E-state index >= 15 is 0 Å². The summed E-state index contributed by atoms with van der Waals surface area (Å²) in [7, 11) is 0. The summed E-state index contributed by atoms with van der Waals surface area (Å²) < 4.78 is 8.29. The van der Waals surface area contributed by atoms with Gasteiger partial charge >= 0.3 is 0 Å². The first-order valence-corrected chi connectivity index (χ1v) is 10.5. The second kappa shape index (κ2) is 7.21. The highest BCUT2D eigenvalue weighted by Crippen LogP contribution is 2.38. The van der Waals surface area contributed by atoms with Crippen molar-refractivity contribution in [2.24, 2.45) is 0 Å². The van der Waals surface area contributed by atoms with Crippen molar-refractivity contribution in [2.45, 2.75) is 18.9 Å². The van der Waals surface area contributed by atoms with E-state index in [0.717, 1.165) is 64.5 Å². The van der Waals surface area contributed by atoms with Crippen LogP contribution in [0.5, 0.6) is 0 Å². The quantitative estimate of drug-likeness (QED) is 0.457. The van der Waals surface area contributed by atoms with Crippen molar-refractivity contribution in [2.75, 3.05) is 18.8 Å². The lowest BCUT2D eigenvalue weighted by atomic mass is 10.0. The normalized spacial score (nSPS) is 15.1. The molecule has 0 amide bonds. The number of hydrogen-bond acceptors (Lipinski definition) is 6. The number of piperidine rings is 1. The molecule has 1 aromatic carbocycles. The first kappa shape index (κ1) is 18.1. The molecular formula is C24H22N6O. The minimum absolute atomic E-state index is 0.379. The fourth-order valence-corrected chi connectivity index (χ4v) is 4.47. The Balaban J connectivity index is 1.48. The van der Waals surface area contributed by atoms with Crippen molar-refractivity contribution in [1.82, 2.24) is 25.1 Å². The Morgan fingerprint density at radius 1 is 1.00 bits per heavy atom. The zero-order valence-electron chi connectivity index (χ0n) is 17.0. The highest BCUT2D eigenvalue weighted by Gasteiger charge is 2.19. The van der Waals surface area contributed by atoms with E-state index in [0.29, 0.717) is 17.4 Å². The molecule has 0 radical (unpaired) electrons. The van der Waals surface area contributed by atoms with Crippen LogP contribution in [-0.2, 0) is 0 Å². The number of rotatable bonds is 3. The van der Waals surface area contributed by atoms with Gasteiger partial charge in [-0.15, -0.1) is 0 Å². The number of benzene rings is 1. The first-order chi connectivity index (χ1) is 15.3. The van der Waals surface area contributed by atoms with Gasteiger partial charge in [0.25, 0.3) is 0 Å². The van der Waals surface area contributed by atoms with E-state index in [-0.39, 0.29) is 0 Å². The van der Waals surface area contributed by atoms with E-state index in [4.69, 9.17) is 10.2 Å². The monoisotopic (exact) mass is 410 g/mol. The Morgan fingerprint density at radius 3 is 2.77 bits per heavy atom. The van der Waals surface area contributed by atoms with E-state index < -0.39 is 0 Å². The zero-order chi connectivity index (χ0) is 20.8. The maximum absolute atomic E-state index is 6.22. The molecule has 6 rings (SSSR count). The number of fused-ring (bicyclic) bond motifs is 2. The lowest BCUT2D eigenvalue weighted by Crippen LogP contribution is -2.29. The summed E-state index contributed by atoms with van der Waals surface area (Å²) in [6, 6.07) is 10.6. The molecule has 0 aliphatic carbocycles. The third-order valence-electron chi connectivity index (χ3n) is 6.12. The van der Waals surface area contributed by atoms with Crippen LogP contribution >= 0.6 is 0 Å². The molecule has 3 N–H and O–H groups in total. The molecule has 1 saturated heterocycles. The fraction of sp³-hybridized carbons (Fsp3) is 0.208. The number of nitrogens with one attached hydrogen (secondary N) is 1. The Kier molecular flexibility index (Phi) is 4.21. The SMILES string of the molecule is Nc1ncc(-c2cnn(C3CCNCC3)c2)c2cc(-c3cncc4ccccc34)oc12. The molecule has 154 valence electrons. The van der Waals surface area contributed by atoms with Gasteiger partial charge in [-0.05, 0) is 37.4 Å². The molecule has 5 heterocycles. The lowest BCUT2D eigenvalue weighted by molar-refractivity contribution is 0.343. The second-order valence-corrected chi connectivity index (χ2v) is 8.01. The minimum atomic E-state index is 0.379. The maximum Gasteiger partial charge on any atom is 0.177 e. The minimum Gasteiger partial charge on any atom is -0.452 e. The third-order valence-corrected chi connectivity index (χ3v) is 6.12. The summed E-state index contributed by atoms with van der Waals surface area (Å²) in [6.45, 7) is 2.05. The maximum atomic E-state index is 6.22. The van der Waals surface area contributed by atoms with E-state index in [2.05, 4.69) is 37.3 Å². The summed E-state index contributed by atoms with van der Waals surface area (Å²) in [5.74, 6) is 1.11. The van der Waals surface area contributed by atoms with Crippen LogP contribution in [0.2, 0.25) is 0 Å². The third kappa shape index (κ3) is 3.05. The number of nitrogen functional groups attached to an aromatic ring is 1. The molecule has 7 nitrogen and oxygen atoms in total. The summed E-state index contributed by atoms with van der Waals surface area (Å²) >= 11 is 0. The number of anilines is 1. The van der Waals surface area contributed by atoms with Gasteiger partial charge in [0.15, 0.2) is 11.4 Å². The van der Waals surface area contributed by atoms with Crippen molar-refractivity contribution >= 4 is 27.6 Å². The molecule has 4 aromatic heterocycles. The van der Waals surface area contributed by atoms with Crippen LogP contribution in [0.3, 0.4) is 0 Å². The van der Waals surface area contributed by atoms with Crippen LogP contribution in [-0.4, -0.2) is 32.8 Å². The first-order valence-electron chi connectivity index (χ1n) is 10.5. The number of nitrogens with zero attached hydrogens (tertiary/aromatic N) is 4. The van der Waals surface area contributed by atoms with Gasteiger partial charge in [0.2, 0.25) is 0 Å². The number of nitrogens with two attached hydrogens (primary N) is 1. The number of pyridine rings is 2. The molecule has 5 aromatic rings. The number of hydrogen-bond donors (Lipinski definition) is 2. The predicted octanol–water partition coefficient (Wildman–Crippen LogP) is 4.41. The van der Waals surface area contributed by atoms with E-state index in [1.54, 1.807) is 0 Å². The zero-order valence-corrected chi connectivity index (χ0v) is 17.0. The number of aromatic nitrogens is 4. The molecule has 31 heavy (non-hydrogen) atoms. The van der Waals surface area contributed by atoms with Gasteiger partial charge in [-0.1, -0.05) is 24.3 Å². The van der Waals surface area contributed by atoms with Crippen LogP contribution in [0.4, 0.5) is 5.82 Å². The van der Waals surface area contributed by atoms with Crippen LogP contribution in [0.1, 0.15) is 18.9 Å². The van der Waals surface area contributed by atoms with Gasteiger partial charge < -0.3 is 15.5 Å². The van der Waals surface area contributed by atoms with Crippen molar-refractivity contribution in [3.63, 3.8) is 0 Å². The van der Waals surface area contributed by atoms with Gasteiger partial charge in [0, 0.05) is 52.3 Å².